The molecule has 1 aliphatic heterocycles. The highest BCUT2D eigenvalue weighted by Crippen LogP contribution is 2.39. The molecule has 1 N–H and O–H groups in total. The standard InChI is InChI=1S/C25H20N2O5/c1-3-27-18-8-4-5-9-20(18)31-19-12-11-16(14-17(19)25(27)29)26-24(28)22-13-15-7-6-10-21(30-2)23(15)32-22/h4-14H,3H2,1-2H3,(H,26,28). The number of nitrogens with zero attached hydrogens (tertiary/aromatic N) is 1. The van der Waals surface area contributed by atoms with E-state index in [1.54, 1.807) is 42.3 Å². The van der Waals surface area contributed by atoms with Gasteiger partial charge in [-0.2, -0.15) is 0 Å². The first-order valence-electron chi connectivity index (χ1n) is 10.2. The number of carbonyl (C=O) groups excluding carboxylic acids is 2. The minimum Gasteiger partial charge on any atom is -0.493 e. The fourth-order valence-electron chi connectivity index (χ4n) is 3.82. The largest absolute Gasteiger partial charge is 0.493 e. The number of rotatable bonds is 4. The number of amides is 2. The molecule has 0 fully saturated rings. The van der Waals surface area contributed by atoms with E-state index in [0.717, 1.165) is 5.39 Å². The lowest BCUT2D eigenvalue weighted by molar-refractivity contribution is 0.0982. The van der Waals surface area contributed by atoms with Crippen LogP contribution in [0.3, 0.4) is 0 Å². The number of benzene rings is 3. The van der Waals surface area contributed by atoms with Crippen LogP contribution in [0.15, 0.2) is 71.1 Å². The van der Waals surface area contributed by atoms with Gasteiger partial charge in [-0.15, -0.1) is 0 Å². The Morgan fingerprint density at radius 1 is 1.03 bits per heavy atom. The van der Waals surface area contributed by atoms with Crippen LogP contribution in [-0.2, 0) is 0 Å². The topological polar surface area (TPSA) is 81.0 Å². The number of anilines is 2. The van der Waals surface area contributed by atoms with Crippen LogP contribution in [0.5, 0.6) is 17.2 Å². The third-order valence-corrected chi connectivity index (χ3v) is 5.36. The molecule has 0 spiro atoms. The number of methoxy groups -OCH3 is 1. The maximum absolute atomic E-state index is 13.2. The van der Waals surface area contributed by atoms with Crippen LogP contribution in [0.2, 0.25) is 0 Å². The van der Waals surface area contributed by atoms with Crippen LogP contribution in [0.25, 0.3) is 11.0 Å². The van der Waals surface area contributed by atoms with Crippen LogP contribution in [-0.4, -0.2) is 25.5 Å². The van der Waals surface area contributed by atoms with Gasteiger partial charge < -0.3 is 24.1 Å². The Balaban J connectivity index is 1.46. The molecule has 0 saturated heterocycles. The van der Waals surface area contributed by atoms with Crippen molar-refractivity contribution in [1.29, 1.82) is 0 Å². The van der Waals surface area contributed by atoms with E-state index in [1.165, 1.54) is 0 Å². The lowest BCUT2D eigenvalue weighted by Gasteiger charge is -2.19. The molecule has 160 valence electrons. The predicted octanol–water partition coefficient (Wildman–Crippen LogP) is 5.47. The van der Waals surface area contributed by atoms with Crippen molar-refractivity contribution in [2.24, 2.45) is 0 Å². The van der Waals surface area contributed by atoms with Gasteiger partial charge in [0, 0.05) is 17.6 Å². The molecule has 2 heterocycles. The second kappa shape index (κ2) is 7.77. The fourth-order valence-corrected chi connectivity index (χ4v) is 3.82. The summed E-state index contributed by atoms with van der Waals surface area (Å²) in [5, 5.41) is 3.56. The van der Waals surface area contributed by atoms with Gasteiger partial charge in [0.05, 0.1) is 18.4 Å². The van der Waals surface area contributed by atoms with E-state index in [2.05, 4.69) is 5.32 Å². The molecule has 0 bridgehead atoms. The minimum atomic E-state index is -0.430. The Morgan fingerprint density at radius 3 is 2.69 bits per heavy atom. The first-order valence-corrected chi connectivity index (χ1v) is 10.2. The highest BCUT2D eigenvalue weighted by molar-refractivity contribution is 6.11. The highest BCUT2D eigenvalue weighted by Gasteiger charge is 2.27. The van der Waals surface area contributed by atoms with Gasteiger partial charge in [0.2, 0.25) is 0 Å². The zero-order valence-electron chi connectivity index (χ0n) is 17.5. The highest BCUT2D eigenvalue weighted by atomic mass is 16.5. The minimum absolute atomic E-state index is 0.143. The monoisotopic (exact) mass is 428 g/mol. The van der Waals surface area contributed by atoms with Crippen molar-refractivity contribution in [1.82, 2.24) is 0 Å². The molecule has 0 saturated carbocycles. The number of para-hydroxylation sites is 3. The number of hydrogen-bond acceptors (Lipinski definition) is 5. The van der Waals surface area contributed by atoms with Gasteiger partial charge in [-0.25, -0.2) is 0 Å². The van der Waals surface area contributed by atoms with Crippen molar-refractivity contribution in [2.45, 2.75) is 6.92 Å². The van der Waals surface area contributed by atoms with Crippen molar-refractivity contribution in [3.8, 4) is 17.2 Å². The first-order chi connectivity index (χ1) is 15.6. The van der Waals surface area contributed by atoms with E-state index in [4.69, 9.17) is 13.9 Å². The number of carbonyl (C=O) groups is 2. The summed E-state index contributed by atoms with van der Waals surface area (Å²) in [5.41, 5.74) is 2.03. The lowest BCUT2D eigenvalue weighted by atomic mass is 10.1. The number of nitrogens with one attached hydrogen (secondary N) is 1. The number of ether oxygens (including phenoxy) is 2. The van der Waals surface area contributed by atoms with Gasteiger partial charge in [-0.05, 0) is 49.4 Å². The number of hydrogen-bond donors (Lipinski definition) is 1. The molecule has 32 heavy (non-hydrogen) atoms. The lowest BCUT2D eigenvalue weighted by Crippen LogP contribution is -2.29. The summed E-state index contributed by atoms with van der Waals surface area (Å²) < 4.78 is 17.0. The summed E-state index contributed by atoms with van der Waals surface area (Å²) in [5.74, 6) is 1.11. The quantitative estimate of drug-likeness (QED) is 0.466. The van der Waals surface area contributed by atoms with Crippen LogP contribution in [0, 0.1) is 0 Å². The molecule has 5 rings (SSSR count). The second-order valence-corrected chi connectivity index (χ2v) is 7.27. The second-order valence-electron chi connectivity index (χ2n) is 7.27. The SMILES string of the molecule is CCN1C(=O)c2cc(NC(=O)c3cc4cccc(OC)c4o3)ccc2Oc2ccccc21. The molecule has 0 radical (unpaired) electrons. The summed E-state index contributed by atoms with van der Waals surface area (Å²) in [7, 11) is 1.55. The van der Waals surface area contributed by atoms with Crippen LogP contribution < -0.4 is 19.7 Å². The molecule has 2 amide bonds. The molecule has 3 aromatic carbocycles. The van der Waals surface area contributed by atoms with Gasteiger partial charge in [0.1, 0.15) is 5.75 Å². The van der Waals surface area contributed by atoms with Crippen LogP contribution >= 0.6 is 0 Å². The summed E-state index contributed by atoms with van der Waals surface area (Å²) in [6.07, 6.45) is 0. The molecule has 4 aromatic rings. The Hall–Kier alpha value is -4.26. The maximum Gasteiger partial charge on any atom is 0.291 e. The molecule has 0 unspecified atom stereocenters. The van der Waals surface area contributed by atoms with Gasteiger partial charge in [0.15, 0.2) is 22.8 Å². The normalized spacial score (nSPS) is 12.6. The van der Waals surface area contributed by atoms with Crippen molar-refractivity contribution < 1.29 is 23.5 Å². The van der Waals surface area contributed by atoms with Crippen LogP contribution in [0.1, 0.15) is 27.8 Å². The first kappa shape index (κ1) is 19.7. The van der Waals surface area contributed by atoms with Crippen molar-refractivity contribution >= 4 is 34.2 Å². The van der Waals surface area contributed by atoms with Crippen LogP contribution in [0.4, 0.5) is 11.4 Å². The van der Waals surface area contributed by atoms with Gasteiger partial charge in [0.25, 0.3) is 11.8 Å². The molecule has 0 atom stereocenters. The summed E-state index contributed by atoms with van der Waals surface area (Å²) in [4.78, 5) is 27.7. The van der Waals surface area contributed by atoms with E-state index in [1.807, 2.05) is 43.3 Å². The van der Waals surface area contributed by atoms with E-state index >= 15 is 0 Å². The molecular weight excluding hydrogens is 408 g/mol. The van der Waals surface area contributed by atoms with Gasteiger partial charge in [-0.1, -0.05) is 24.3 Å². The molecule has 1 aromatic heterocycles. The smallest absolute Gasteiger partial charge is 0.291 e. The zero-order valence-corrected chi connectivity index (χ0v) is 17.5. The Bertz CT molecular complexity index is 1360. The summed E-state index contributed by atoms with van der Waals surface area (Å²) in [6.45, 7) is 2.39. The van der Waals surface area contributed by atoms with Crippen molar-refractivity contribution in [2.75, 3.05) is 23.9 Å². The average molecular weight is 428 g/mol. The molecule has 1 aliphatic rings. The van der Waals surface area contributed by atoms with Gasteiger partial charge in [-0.3, -0.25) is 9.59 Å². The molecule has 7 nitrogen and oxygen atoms in total. The zero-order chi connectivity index (χ0) is 22.2. The van der Waals surface area contributed by atoms with Gasteiger partial charge >= 0.3 is 0 Å². The summed E-state index contributed by atoms with van der Waals surface area (Å²) >= 11 is 0. The number of fused-ring (bicyclic) bond motifs is 3. The molecule has 0 aliphatic carbocycles. The average Bonchev–Trinajstić information content (AvgIpc) is 3.21. The third-order valence-electron chi connectivity index (χ3n) is 5.36. The third kappa shape index (κ3) is 3.24. The molecular formula is C25H20N2O5. The number of furan rings is 1. The van der Waals surface area contributed by atoms with Crippen molar-refractivity contribution in [3.63, 3.8) is 0 Å². The fraction of sp³-hybridized carbons (Fsp3) is 0.120. The van der Waals surface area contributed by atoms with E-state index in [0.29, 0.717) is 46.3 Å². The predicted molar refractivity (Wildman–Crippen MR) is 121 cm³/mol. The Kier molecular flexibility index (Phi) is 4.78. The van der Waals surface area contributed by atoms with E-state index < -0.39 is 5.91 Å². The van der Waals surface area contributed by atoms with Crippen molar-refractivity contribution in [3.05, 3.63) is 78.1 Å². The van der Waals surface area contributed by atoms with E-state index in [9.17, 15) is 9.59 Å². The Labute approximate surface area is 184 Å². The Morgan fingerprint density at radius 2 is 1.88 bits per heavy atom. The molecule has 7 heteroatoms. The maximum atomic E-state index is 13.2. The van der Waals surface area contributed by atoms with E-state index in [-0.39, 0.29) is 11.7 Å². The summed E-state index contributed by atoms with van der Waals surface area (Å²) in [6, 6.07) is 19.5.